The van der Waals surface area contributed by atoms with Crippen LogP contribution in [0, 0.1) is 6.92 Å². The van der Waals surface area contributed by atoms with Gasteiger partial charge in [0.1, 0.15) is 5.75 Å². The Hall–Kier alpha value is -2.88. The van der Waals surface area contributed by atoms with Crippen molar-refractivity contribution in [3.8, 4) is 17.0 Å². The number of rotatable bonds is 7. The van der Waals surface area contributed by atoms with Crippen LogP contribution in [0.4, 0.5) is 0 Å². The van der Waals surface area contributed by atoms with E-state index >= 15 is 0 Å². The highest BCUT2D eigenvalue weighted by Crippen LogP contribution is 2.27. The molecule has 0 amide bonds. The average Bonchev–Trinajstić information content (AvgIpc) is 2.65. The van der Waals surface area contributed by atoms with Gasteiger partial charge in [0, 0.05) is 16.5 Å². The second-order valence-electron chi connectivity index (χ2n) is 6.44. The molecule has 0 spiro atoms. The highest BCUT2D eigenvalue weighted by Gasteiger charge is 2.09. The summed E-state index contributed by atoms with van der Waals surface area (Å²) >= 11 is 0. The monoisotopic (exact) mass is 348 g/mol. The minimum Gasteiger partial charge on any atom is -0.545 e. The molecule has 26 heavy (non-hydrogen) atoms. The van der Waals surface area contributed by atoms with Crippen LogP contribution in [-0.4, -0.2) is 17.6 Å². The van der Waals surface area contributed by atoms with Gasteiger partial charge in [-0.15, -0.1) is 0 Å². The van der Waals surface area contributed by atoms with Gasteiger partial charge in [-0.3, -0.25) is 0 Å². The van der Waals surface area contributed by atoms with Gasteiger partial charge in [0.25, 0.3) is 0 Å². The minimum absolute atomic E-state index is 0.161. The summed E-state index contributed by atoms with van der Waals surface area (Å²) in [5.41, 5.74) is 3.24. The summed E-state index contributed by atoms with van der Waals surface area (Å²) in [5, 5.41) is 12.2. The molecular formula is C22H22NO3-. The van der Waals surface area contributed by atoms with Crippen LogP contribution in [0.25, 0.3) is 22.2 Å². The minimum atomic E-state index is -1.19. The number of unbranched alkanes of at least 4 members (excludes halogenated alkanes) is 2. The van der Waals surface area contributed by atoms with Gasteiger partial charge in [-0.2, -0.15) is 0 Å². The summed E-state index contributed by atoms with van der Waals surface area (Å²) in [4.78, 5) is 16.2. The van der Waals surface area contributed by atoms with Crippen LogP contribution < -0.4 is 9.84 Å². The van der Waals surface area contributed by atoms with E-state index in [4.69, 9.17) is 4.74 Å². The summed E-state index contributed by atoms with van der Waals surface area (Å²) in [5.74, 6) is -0.387. The van der Waals surface area contributed by atoms with Crippen molar-refractivity contribution >= 4 is 16.9 Å². The van der Waals surface area contributed by atoms with E-state index in [-0.39, 0.29) is 5.56 Å². The number of pyridine rings is 1. The van der Waals surface area contributed by atoms with E-state index < -0.39 is 5.97 Å². The van der Waals surface area contributed by atoms with Crippen LogP contribution in [0.5, 0.6) is 5.75 Å². The third-order valence-corrected chi connectivity index (χ3v) is 4.35. The zero-order valence-electron chi connectivity index (χ0n) is 15.1. The number of aromatic carboxylic acids is 1. The van der Waals surface area contributed by atoms with Crippen LogP contribution in [0.3, 0.4) is 0 Å². The zero-order valence-corrected chi connectivity index (χ0v) is 15.1. The lowest BCUT2D eigenvalue weighted by molar-refractivity contribution is -0.254. The van der Waals surface area contributed by atoms with Gasteiger partial charge in [-0.05, 0) is 55.8 Å². The number of carbonyl (C=O) groups excluding carboxylic acids is 1. The SMILES string of the molecule is CCCCCOc1ccc(-c2cc(C(=O)[O-])c3cc(C)ccc3n2)cc1. The normalized spacial score (nSPS) is 10.8. The molecule has 0 saturated heterocycles. The molecule has 0 aliphatic carbocycles. The van der Waals surface area contributed by atoms with Gasteiger partial charge >= 0.3 is 0 Å². The Morgan fingerprint density at radius 3 is 2.54 bits per heavy atom. The maximum atomic E-state index is 11.6. The smallest absolute Gasteiger partial charge is 0.119 e. The number of carboxylic acids is 1. The van der Waals surface area contributed by atoms with Gasteiger partial charge in [-0.1, -0.05) is 31.4 Å². The fourth-order valence-electron chi connectivity index (χ4n) is 2.92. The van der Waals surface area contributed by atoms with Crippen LogP contribution in [0.2, 0.25) is 0 Å². The quantitative estimate of drug-likeness (QED) is 0.602. The van der Waals surface area contributed by atoms with Gasteiger partial charge < -0.3 is 14.6 Å². The van der Waals surface area contributed by atoms with Gasteiger partial charge in [-0.25, -0.2) is 4.98 Å². The molecule has 0 unspecified atom stereocenters. The van der Waals surface area contributed by atoms with Crippen LogP contribution in [0.15, 0.2) is 48.5 Å². The molecule has 2 aromatic carbocycles. The lowest BCUT2D eigenvalue weighted by Gasteiger charge is -2.12. The number of ether oxygens (including phenoxy) is 1. The van der Waals surface area contributed by atoms with Crippen molar-refractivity contribution in [1.82, 2.24) is 4.98 Å². The largest absolute Gasteiger partial charge is 0.545 e. The van der Waals surface area contributed by atoms with Crippen molar-refractivity contribution in [2.45, 2.75) is 33.1 Å². The summed E-state index contributed by atoms with van der Waals surface area (Å²) in [6, 6.07) is 14.7. The summed E-state index contributed by atoms with van der Waals surface area (Å²) in [6.45, 7) is 4.79. The first kappa shape index (κ1) is 17.9. The standard InChI is InChI=1S/C22H23NO3/c1-3-4-5-12-26-17-9-7-16(8-10-17)21-14-19(22(24)25)18-13-15(2)6-11-20(18)23-21/h6-11,13-14H,3-5,12H2,1-2H3,(H,24,25)/p-1. The first-order valence-corrected chi connectivity index (χ1v) is 8.94. The maximum absolute atomic E-state index is 11.6. The summed E-state index contributed by atoms with van der Waals surface area (Å²) in [7, 11) is 0. The maximum Gasteiger partial charge on any atom is 0.119 e. The number of hydrogen-bond donors (Lipinski definition) is 0. The number of fused-ring (bicyclic) bond motifs is 1. The summed E-state index contributed by atoms with van der Waals surface area (Å²) in [6.07, 6.45) is 3.36. The molecular weight excluding hydrogens is 326 g/mol. The highest BCUT2D eigenvalue weighted by atomic mass is 16.5. The molecule has 4 heteroatoms. The van der Waals surface area contributed by atoms with Crippen molar-refractivity contribution in [2.75, 3.05) is 6.61 Å². The molecule has 0 aliphatic heterocycles. The molecule has 0 atom stereocenters. The Morgan fingerprint density at radius 2 is 1.85 bits per heavy atom. The third kappa shape index (κ3) is 4.02. The topological polar surface area (TPSA) is 62.2 Å². The number of carboxylic acid groups (broad SMARTS) is 1. The Labute approximate surface area is 153 Å². The first-order valence-electron chi connectivity index (χ1n) is 8.94. The van der Waals surface area contributed by atoms with Gasteiger partial charge in [0.2, 0.25) is 0 Å². The van der Waals surface area contributed by atoms with Crippen LogP contribution in [0.1, 0.15) is 42.1 Å². The van der Waals surface area contributed by atoms with Gasteiger partial charge in [0.15, 0.2) is 0 Å². The van der Waals surface area contributed by atoms with E-state index in [1.54, 1.807) is 6.07 Å². The van der Waals surface area contributed by atoms with E-state index in [1.807, 2.05) is 49.4 Å². The fraction of sp³-hybridized carbons (Fsp3) is 0.273. The molecule has 4 nitrogen and oxygen atoms in total. The van der Waals surface area contributed by atoms with Crippen molar-refractivity contribution in [3.63, 3.8) is 0 Å². The molecule has 0 fully saturated rings. The number of nitrogens with zero attached hydrogens (tertiary/aromatic N) is 1. The van der Waals surface area contributed by atoms with Crippen LogP contribution >= 0.6 is 0 Å². The Balaban J connectivity index is 1.90. The molecule has 1 heterocycles. The summed E-state index contributed by atoms with van der Waals surface area (Å²) < 4.78 is 5.72. The number of aryl methyl sites for hydroxylation is 1. The lowest BCUT2D eigenvalue weighted by Crippen LogP contribution is -2.22. The molecule has 134 valence electrons. The van der Waals surface area contributed by atoms with E-state index in [1.165, 1.54) is 0 Å². The third-order valence-electron chi connectivity index (χ3n) is 4.35. The van der Waals surface area contributed by atoms with Crippen molar-refractivity contribution in [1.29, 1.82) is 0 Å². The Morgan fingerprint density at radius 1 is 1.08 bits per heavy atom. The first-order chi connectivity index (χ1) is 12.6. The number of benzene rings is 2. The molecule has 0 aliphatic rings. The number of aromatic nitrogens is 1. The predicted molar refractivity (Wildman–Crippen MR) is 101 cm³/mol. The zero-order chi connectivity index (χ0) is 18.5. The van der Waals surface area contributed by atoms with Crippen molar-refractivity contribution < 1.29 is 14.6 Å². The highest BCUT2D eigenvalue weighted by molar-refractivity contribution is 6.03. The molecule has 0 bridgehead atoms. The number of carbonyl (C=O) groups is 1. The van der Waals surface area contributed by atoms with E-state index in [0.717, 1.165) is 36.1 Å². The van der Waals surface area contributed by atoms with Crippen molar-refractivity contribution in [3.05, 3.63) is 59.7 Å². The molecule has 3 rings (SSSR count). The Bertz CT molecular complexity index is 917. The van der Waals surface area contributed by atoms with E-state index in [9.17, 15) is 9.90 Å². The molecule has 0 N–H and O–H groups in total. The second kappa shape index (κ2) is 8.00. The second-order valence-corrected chi connectivity index (χ2v) is 6.44. The fourth-order valence-corrected chi connectivity index (χ4v) is 2.92. The molecule has 0 saturated carbocycles. The van der Waals surface area contributed by atoms with Crippen LogP contribution in [-0.2, 0) is 0 Å². The molecule has 1 aromatic heterocycles. The van der Waals surface area contributed by atoms with Gasteiger partial charge in [0.05, 0.1) is 23.8 Å². The van der Waals surface area contributed by atoms with E-state index in [2.05, 4.69) is 11.9 Å². The molecule has 0 radical (unpaired) electrons. The van der Waals surface area contributed by atoms with Crippen molar-refractivity contribution in [2.24, 2.45) is 0 Å². The predicted octanol–water partition coefficient (Wildman–Crippen LogP) is 4.14. The number of hydrogen-bond acceptors (Lipinski definition) is 4. The average molecular weight is 348 g/mol. The molecule has 3 aromatic rings. The Kier molecular flexibility index (Phi) is 5.52. The van der Waals surface area contributed by atoms with E-state index in [0.29, 0.717) is 23.2 Å². The lowest BCUT2D eigenvalue weighted by atomic mass is 10.0.